The van der Waals surface area contributed by atoms with Crippen molar-refractivity contribution in [3.8, 4) is 22.3 Å². The van der Waals surface area contributed by atoms with Crippen LogP contribution in [0, 0.1) is 32.1 Å². The van der Waals surface area contributed by atoms with Crippen LogP contribution in [0.3, 0.4) is 0 Å². The average Bonchev–Trinajstić information content (AvgIpc) is 3.35. The number of nitro benzene ring substituents is 2. The van der Waals surface area contributed by atoms with Gasteiger partial charge in [-0.3, -0.25) is 29.8 Å². The molecule has 376 valence electrons. The van der Waals surface area contributed by atoms with Crippen LogP contribution in [0.25, 0.3) is 34.4 Å². The Morgan fingerprint density at radius 1 is 0.535 bits per heavy atom. The van der Waals surface area contributed by atoms with Gasteiger partial charge in [0.25, 0.3) is 11.4 Å². The van der Waals surface area contributed by atoms with Crippen LogP contribution in [-0.4, -0.2) is 119 Å². The molecule has 4 aromatic carbocycles. The number of piperazine rings is 2. The zero-order valence-corrected chi connectivity index (χ0v) is 42.6. The van der Waals surface area contributed by atoms with E-state index in [2.05, 4.69) is 0 Å². The van der Waals surface area contributed by atoms with Gasteiger partial charge in [0.05, 0.1) is 44.0 Å². The number of carbonyl (C=O) groups excluding carboxylic acids is 4. The lowest BCUT2D eigenvalue weighted by Crippen LogP contribution is -2.50. The lowest BCUT2D eigenvalue weighted by atomic mass is 9.89. The van der Waals surface area contributed by atoms with Crippen molar-refractivity contribution in [3.05, 3.63) is 127 Å². The second-order valence-electron chi connectivity index (χ2n) is 19.1. The first kappa shape index (κ1) is 53.3. The molecule has 0 N–H and O–H groups in total. The Kier molecular flexibility index (Phi) is 18.2. The Hall–Kier alpha value is -7.01. The number of hydrogen-bond donors (Lipinski definition) is 0. The van der Waals surface area contributed by atoms with Crippen LogP contribution in [0.5, 0.6) is 0 Å². The SMILES string of the molecule is CC(C)COC(=O)N1CCN(C(=O)/C=C/c2ccc(Sc3ccc(/C=C/C(=O)N4CCN(C(=O)OCC(C)C)CC4)c(-c4ccccc4C(C)C)c3[N+](=O)[O-])c([N+](=O)[O-])c2-c2ccccc2C(C)C)CC1. The zero-order valence-electron chi connectivity index (χ0n) is 41.8. The van der Waals surface area contributed by atoms with E-state index in [0.717, 1.165) is 22.9 Å². The lowest BCUT2D eigenvalue weighted by molar-refractivity contribution is -0.387. The first-order chi connectivity index (χ1) is 33.9. The Labute approximate surface area is 420 Å². The molecule has 0 spiro atoms. The minimum Gasteiger partial charge on any atom is -0.449 e. The molecule has 0 unspecified atom stereocenters. The van der Waals surface area contributed by atoms with Crippen LogP contribution in [-0.2, 0) is 19.1 Å². The van der Waals surface area contributed by atoms with Crippen LogP contribution < -0.4 is 0 Å². The van der Waals surface area contributed by atoms with Crippen molar-refractivity contribution in [2.24, 2.45) is 11.8 Å². The smallest absolute Gasteiger partial charge is 0.409 e. The van der Waals surface area contributed by atoms with Crippen molar-refractivity contribution in [1.82, 2.24) is 19.6 Å². The quantitative estimate of drug-likeness (QED) is 0.0591. The molecule has 0 aromatic heterocycles. The molecular weight excluding hydrogens is 925 g/mol. The lowest BCUT2D eigenvalue weighted by Gasteiger charge is -2.33. The van der Waals surface area contributed by atoms with E-state index in [0.29, 0.717) is 61.6 Å². The summed E-state index contributed by atoms with van der Waals surface area (Å²) in [5.41, 5.74) is 3.56. The van der Waals surface area contributed by atoms with Gasteiger partial charge in [0, 0.05) is 64.5 Å². The molecule has 4 amide bonds. The monoisotopic (exact) mass is 988 g/mol. The van der Waals surface area contributed by atoms with E-state index in [1.807, 2.05) is 79.7 Å². The summed E-state index contributed by atoms with van der Waals surface area (Å²) in [4.78, 5) is 85.1. The van der Waals surface area contributed by atoms with Gasteiger partial charge < -0.3 is 29.1 Å². The predicted molar refractivity (Wildman–Crippen MR) is 276 cm³/mol. The van der Waals surface area contributed by atoms with Gasteiger partial charge >= 0.3 is 12.2 Å². The van der Waals surface area contributed by atoms with Crippen molar-refractivity contribution in [2.45, 2.75) is 77.0 Å². The van der Waals surface area contributed by atoms with Crippen LogP contribution in [0.2, 0.25) is 0 Å². The zero-order chi connectivity index (χ0) is 51.5. The third-order valence-electron chi connectivity index (χ3n) is 12.2. The molecule has 16 nitrogen and oxygen atoms in total. The number of amides is 4. The fraction of sp³-hybridized carbons (Fsp3) is 0.407. The summed E-state index contributed by atoms with van der Waals surface area (Å²) in [5, 5.41) is 27.0. The van der Waals surface area contributed by atoms with Crippen LogP contribution in [0.1, 0.15) is 89.5 Å². The van der Waals surface area contributed by atoms with Crippen molar-refractivity contribution < 1.29 is 38.5 Å². The largest absolute Gasteiger partial charge is 0.449 e. The van der Waals surface area contributed by atoms with E-state index in [-0.39, 0.29) is 94.0 Å². The highest BCUT2D eigenvalue weighted by Gasteiger charge is 2.32. The molecule has 71 heavy (non-hydrogen) atoms. The van der Waals surface area contributed by atoms with Gasteiger partial charge in [-0.1, -0.05) is 128 Å². The number of hydrogen-bond acceptors (Lipinski definition) is 11. The highest BCUT2D eigenvalue weighted by molar-refractivity contribution is 7.99. The second-order valence-corrected chi connectivity index (χ2v) is 20.2. The molecule has 2 heterocycles. The van der Waals surface area contributed by atoms with Crippen molar-refractivity contribution in [3.63, 3.8) is 0 Å². The van der Waals surface area contributed by atoms with Gasteiger partial charge in [0.2, 0.25) is 11.8 Å². The molecule has 0 atom stereocenters. The Bertz CT molecular complexity index is 2500. The van der Waals surface area contributed by atoms with Crippen LogP contribution >= 0.6 is 11.8 Å². The fourth-order valence-electron chi connectivity index (χ4n) is 8.53. The molecule has 2 aliphatic heterocycles. The van der Waals surface area contributed by atoms with E-state index < -0.39 is 22.0 Å². The molecule has 2 aliphatic rings. The Balaban J connectivity index is 1.39. The van der Waals surface area contributed by atoms with Gasteiger partial charge in [-0.15, -0.1) is 0 Å². The third-order valence-corrected chi connectivity index (χ3v) is 13.3. The van der Waals surface area contributed by atoms with Crippen molar-refractivity contribution >= 4 is 59.3 Å². The summed E-state index contributed by atoms with van der Waals surface area (Å²) in [7, 11) is 0. The third kappa shape index (κ3) is 13.2. The second kappa shape index (κ2) is 24.2. The van der Waals surface area contributed by atoms with Crippen molar-refractivity contribution in [2.75, 3.05) is 65.6 Å². The summed E-state index contributed by atoms with van der Waals surface area (Å²) in [6.07, 6.45) is 5.04. The minimum absolute atomic E-state index is 0.0516. The maximum absolute atomic E-state index is 13.7. The van der Waals surface area contributed by atoms with E-state index in [1.54, 1.807) is 80.3 Å². The first-order valence-corrected chi connectivity index (χ1v) is 24.9. The Morgan fingerprint density at radius 3 is 1.20 bits per heavy atom. The molecule has 0 aliphatic carbocycles. The average molecular weight is 989 g/mol. The summed E-state index contributed by atoms with van der Waals surface area (Å²) in [6, 6.07) is 21.2. The summed E-state index contributed by atoms with van der Waals surface area (Å²) >= 11 is 0.903. The standard InChI is InChI=1S/C54H64N6O10S/c1-35(2)33-69-53(63)57-29-25-55(26-30-57)47(61)23-19-39-17-21-45(51(59(65)66)49(39)43-15-11-9-13-41(43)37(5)6)71-46-22-18-40(50(52(46)60(67)68)44-16-12-10-14-42(44)38(7)8)20-24-48(62)56-27-31-58(32-28-56)54(64)70-34-36(3)4/h9-24,35-38H,25-34H2,1-8H3/b23-19+,24-20+. The number of carbonyl (C=O) groups is 4. The van der Waals surface area contributed by atoms with Gasteiger partial charge in [-0.25, -0.2) is 9.59 Å². The molecule has 4 aromatic rings. The molecular formula is C54H64N6O10S. The van der Waals surface area contributed by atoms with E-state index in [4.69, 9.17) is 9.47 Å². The summed E-state index contributed by atoms with van der Waals surface area (Å²) < 4.78 is 10.7. The molecule has 0 bridgehead atoms. The highest BCUT2D eigenvalue weighted by atomic mass is 32.2. The molecule has 0 saturated carbocycles. The van der Waals surface area contributed by atoms with Crippen molar-refractivity contribution in [1.29, 1.82) is 0 Å². The summed E-state index contributed by atoms with van der Waals surface area (Å²) in [6.45, 7) is 18.6. The molecule has 0 radical (unpaired) electrons. The van der Waals surface area contributed by atoms with Gasteiger partial charge in [0.15, 0.2) is 0 Å². The molecule has 2 fully saturated rings. The number of ether oxygens (including phenoxy) is 2. The topological polar surface area (TPSA) is 186 Å². The number of nitro groups is 2. The predicted octanol–water partition coefficient (Wildman–Crippen LogP) is 11.1. The fourth-order valence-corrected chi connectivity index (χ4v) is 9.59. The number of rotatable bonds is 16. The van der Waals surface area contributed by atoms with Crippen LogP contribution in [0.15, 0.2) is 94.7 Å². The van der Waals surface area contributed by atoms with E-state index in [9.17, 15) is 39.4 Å². The molecule has 6 rings (SSSR count). The van der Waals surface area contributed by atoms with Gasteiger partial charge in [-0.05, 0) is 81.3 Å². The maximum Gasteiger partial charge on any atom is 0.409 e. The van der Waals surface area contributed by atoms with Gasteiger partial charge in [0.1, 0.15) is 0 Å². The van der Waals surface area contributed by atoms with Gasteiger partial charge in [-0.2, -0.15) is 0 Å². The molecule has 17 heteroatoms. The molecule has 2 saturated heterocycles. The Morgan fingerprint density at radius 2 is 0.873 bits per heavy atom. The minimum atomic E-state index is -0.483. The first-order valence-electron chi connectivity index (χ1n) is 24.1. The van der Waals surface area contributed by atoms with E-state index in [1.165, 1.54) is 12.2 Å². The number of benzene rings is 4. The number of nitrogens with zero attached hydrogens (tertiary/aromatic N) is 6. The highest BCUT2D eigenvalue weighted by Crippen LogP contribution is 2.50. The normalized spacial score (nSPS) is 14.4. The maximum atomic E-state index is 13.7. The van der Waals surface area contributed by atoms with Crippen LogP contribution in [0.4, 0.5) is 21.0 Å². The van der Waals surface area contributed by atoms with E-state index >= 15 is 0 Å². The summed E-state index contributed by atoms with van der Waals surface area (Å²) in [5.74, 6) is -0.385.